The lowest BCUT2D eigenvalue weighted by molar-refractivity contribution is 0.353. The predicted octanol–water partition coefficient (Wildman–Crippen LogP) is 1.70. The van der Waals surface area contributed by atoms with Gasteiger partial charge < -0.3 is 10.3 Å². The van der Waals surface area contributed by atoms with E-state index >= 15 is 0 Å². The summed E-state index contributed by atoms with van der Waals surface area (Å²) in [6.07, 6.45) is 7.92. The van der Waals surface area contributed by atoms with E-state index in [0.717, 1.165) is 31.3 Å². The zero-order valence-electron chi connectivity index (χ0n) is 10.9. The summed E-state index contributed by atoms with van der Waals surface area (Å²) in [4.78, 5) is 0. The Morgan fingerprint density at radius 2 is 2.11 bits per heavy atom. The Hall–Kier alpha value is -0.900. The first-order valence-electron chi connectivity index (χ1n) is 7.47. The van der Waals surface area contributed by atoms with Crippen LogP contribution in [0.5, 0.6) is 0 Å². The van der Waals surface area contributed by atoms with Crippen molar-refractivity contribution in [3.8, 4) is 0 Å². The number of nitrogens with two attached hydrogens (primary N) is 1. The molecule has 1 aromatic heterocycles. The van der Waals surface area contributed by atoms with Crippen LogP contribution in [0.15, 0.2) is 0 Å². The van der Waals surface area contributed by atoms with E-state index in [1.807, 2.05) is 0 Å². The van der Waals surface area contributed by atoms with Gasteiger partial charge in [-0.25, -0.2) is 0 Å². The Kier molecular flexibility index (Phi) is 2.47. The minimum atomic E-state index is 0.620. The van der Waals surface area contributed by atoms with Crippen LogP contribution in [0.2, 0.25) is 0 Å². The van der Waals surface area contributed by atoms with Gasteiger partial charge in [-0.2, -0.15) is 0 Å². The van der Waals surface area contributed by atoms with Gasteiger partial charge in [-0.05, 0) is 50.0 Å². The molecule has 2 saturated carbocycles. The molecule has 2 N–H and O–H groups in total. The summed E-state index contributed by atoms with van der Waals surface area (Å²) in [5.74, 6) is 5.69. The second-order valence-electron chi connectivity index (χ2n) is 6.50. The first-order valence-corrected chi connectivity index (χ1v) is 7.47. The molecule has 0 spiro atoms. The van der Waals surface area contributed by atoms with Crippen molar-refractivity contribution >= 4 is 0 Å². The lowest BCUT2D eigenvalue weighted by Gasteiger charge is -2.26. The normalized spacial score (nSPS) is 38.1. The lowest BCUT2D eigenvalue weighted by Crippen LogP contribution is -2.27. The van der Waals surface area contributed by atoms with E-state index in [4.69, 9.17) is 5.73 Å². The number of hydrogen-bond donors (Lipinski definition) is 1. The van der Waals surface area contributed by atoms with Crippen LogP contribution in [0, 0.1) is 17.8 Å². The molecule has 18 heavy (non-hydrogen) atoms. The molecule has 4 rings (SSSR count). The van der Waals surface area contributed by atoms with E-state index in [1.54, 1.807) is 0 Å². The van der Waals surface area contributed by atoms with Gasteiger partial charge in [0.05, 0.1) is 0 Å². The average Bonchev–Trinajstić information content (AvgIpc) is 3.11. The Balaban J connectivity index is 1.62. The van der Waals surface area contributed by atoms with Gasteiger partial charge in [-0.1, -0.05) is 6.42 Å². The summed E-state index contributed by atoms with van der Waals surface area (Å²) in [5.41, 5.74) is 5.78. The smallest absolute Gasteiger partial charge is 0.136 e. The highest BCUT2D eigenvalue weighted by Crippen LogP contribution is 2.52. The third-order valence-corrected chi connectivity index (χ3v) is 5.49. The van der Waals surface area contributed by atoms with Crippen LogP contribution >= 0.6 is 0 Å². The van der Waals surface area contributed by atoms with Gasteiger partial charge in [0.25, 0.3) is 0 Å². The Morgan fingerprint density at radius 1 is 1.17 bits per heavy atom. The number of aromatic nitrogens is 3. The van der Waals surface area contributed by atoms with E-state index in [-0.39, 0.29) is 0 Å². The van der Waals surface area contributed by atoms with Crippen molar-refractivity contribution < 1.29 is 0 Å². The van der Waals surface area contributed by atoms with E-state index in [0.29, 0.717) is 11.8 Å². The number of rotatable bonds is 2. The molecule has 4 nitrogen and oxygen atoms in total. The molecule has 0 aromatic carbocycles. The topological polar surface area (TPSA) is 56.7 Å². The fraction of sp³-hybridized carbons (Fsp3) is 0.857. The standard InChI is InChI=1S/C14H22N4/c15-8-10-3-4-18-13(7-10)16-17-14(18)12-6-9-1-2-11(12)5-9/h9-12H,1-8,15H2. The van der Waals surface area contributed by atoms with Crippen molar-refractivity contribution in [1.29, 1.82) is 0 Å². The van der Waals surface area contributed by atoms with Crippen LogP contribution in [0.1, 0.15) is 49.7 Å². The van der Waals surface area contributed by atoms with Gasteiger partial charge >= 0.3 is 0 Å². The summed E-state index contributed by atoms with van der Waals surface area (Å²) in [5, 5.41) is 8.98. The lowest BCUT2D eigenvalue weighted by atomic mass is 9.87. The molecule has 0 amide bonds. The largest absolute Gasteiger partial charge is 0.330 e. The maximum absolute atomic E-state index is 5.78. The minimum absolute atomic E-state index is 0.620. The van der Waals surface area contributed by atoms with Crippen molar-refractivity contribution in [2.24, 2.45) is 23.5 Å². The summed E-state index contributed by atoms with van der Waals surface area (Å²) in [6, 6.07) is 0. The molecule has 0 saturated heterocycles. The molecule has 98 valence electrons. The summed E-state index contributed by atoms with van der Waals surface area (Å²) in [6.45, 7) is 1.88. The van der Waals surface area contributed by atoms with Crippen LogP contribution in [-0.4, -0.2) is 21.3 Å². The third kappa shape index (κ3) is 1.54. The van der Waals surface area contributed by atoms with Crippen molar-refractivity contribution in [2.75, 3.05) is 6.54 Å². The van der Waals surface area contributed by atoms with Crippen LogP contribution in [-0.2, 0) is 13.0 Å². The highest BCUT2D eigenvalue weighted by Gasteiger charge is 2.43. The minimum Gasteiger partial charge on any atom is -0.330 e. The van der Waals surface area contributed by atoms with Gasteiger partial charge in [-0.3, -0.25) is 0 Å². The van der Waals surface area contributed by atoms with E-state index < -0.39 is 0 Å². The molecule has 4 atom stereocenters. The summed E-state index contributed by atoms with van der Waals surface area (Å²) < 4.78 is 2.41. The van der Waals surface area contributed by atoms with Crippen molar-refractivity contribution in [3.63, 3.8) is 0 Å². The molecule has 1 aromatic rings. The van der Waals surface area contributed by atoms with Gasteiger partial charge in [0, 0.05) is 18.9 Å². The van der Waals surface area contributed by atoms with Crippen molar-refractivity contribution in [1.82, 2.24) is 14.8 Å². The SMILES string of the molecule is NCC1CCn2c(nnc2C2CC3CCC2C3)C1. The van der Waals surface area contributed by atoms with Crippen LogP contribution in [0.4, 0.5) is 0 Å². The maximum Gasteiger partial charge on any atom is 0.136 e. The molecule has 3 aliphatic rings. The van der Waals surface area contributed by atoms with Crippen molar-refractivity contribution in [3.05, 3.63) is 11.6 Å². The fourth-order valence-electron chi connectivity index (χ4n) is 4.45. The first kappa shape index (κ1) is 11.0. The molecular weight excluding hydrogens is 224 g/mol. The second kappa shape index (κ2) is 4.05. The molecule has 0 radical (unpaired) electrons. The average molecular weight is 246 g/mol. The molecule has 1 aliphatic heterocycles. The molecule has 2 aliphatic carbocycles. The molecule has 4 unspecified atom stereocenters. The molecule has 2 bridgehead atoms. The van der Waals surface area contributed by atoms with E-state index in [9.17, 15) is 0 Å². The molecule has 2 heterocycles. The Bertz CT molecular complexity index is 453. The summed E-state index contributed by atoms with van der Waals surface area (Å²) >= 11 is 0. The highest BCUT2D eigenvalue weighted by molar-refractivity contribution is 5.11. The van der Waals surface area contributed by atoms with Crippen molar-refractivity contribution in [2.45, 2.75) is 51.0 Å². The molecular formula is C14H22N4. The first-order chi connectivity index (χ1) is 8.85. The van der Waals surface area contributed by atoms with Gasteiger partial charge in [-0.15, -0.1) is 10.2 Å². The zero-order chi connectivity index (χ0) is 12.1. The van der Waals surface area contributed by atoms with Gasteiger partial charge in [0.1, 0.15) is 11.6 Å². The number of nitrogens with zero attached hydrogens (tertiary/aromatic N) is 3. The monoisotopic (exact) mass is 246 g/mol. The fourth-order valence-corrected chi connectivity index (χ4v) is 4.45. The molecule has 2 fully saturated rings. The second-order valence-corrected chi connectivity index (χ2v) is 6.50. The summed E-state index contributed by atoms with van der Waals surface area (Å²) in [7, 11) is 0. The van der Waals surface area contributed by atoms with E-state index in [2.05, 4.69) is 14.8 Å². The Morgan fingerprint density at radius 3 is 2.83 bits per heavy atom. The number of fused-ring (bicyclic) bond motifs is 3. The van der Waals surface area contributed by atoms with Crippen LogP contribution < -0.4 is 5.73 Å². The van der Waals surface area contributed by atoms with Crippen LogP contribution in [0.3, 0.4) is 0 Å². The maximum atomic E-state index is 5.78. The van der Waals surface area contributed by atoms with Gasteiger partial charge in [0.2, 0.25) is 0 Å². The van der Waals surface area contributed by atoms with Crippen LogP contribution in [0.25, 0.3) is 0 Å². The Labute approximate surface area is 108 Å². The quantitative estimate of drug-likeness (QED) is 0.864. The van der Waals surface area contributed by atoms with Gasteiger partial charge in [0.15, 0.2) is 0 Å². The highest BCUT2D eigenvalue weighted by atomic mass is 15.3. The molecule has 4 heteroatoms. The van der Waals surface area contributed by atoms with E-state index in [1.165, 1.54) is 43.8 Å². The third-order valence-electron chi connectivity index (χ3n) is 5.49. The number of hydrogen-bond acceptors (Lipinski definition) is 3. The zero-order valence-corrected chi connectivity index (χ0v) is 10.9. The predicted molar refractivity (Wildman–Crippen MR) is 69.1 cm³/mol.